The molecule has 0 aliphatic carbocycles. The highest BCUT2D eigenvalue weighted by atomic mass is 19.2. The summed E-state index contributed by atoms with van der Waals surface area (Å²) in [6.07, 6.45) is 4.00. The van der Waals surface area contributed by atoms with E-state index >= 15 is 0 Å². The molecule has 1 aromatic heterocycles. The van der Waals surface area contributed by atoms with Crippen LogP contribution >= 0.6 is 0 Å². The monoisotopic (exact) mass is 263 g/mol. The van der Waals surface area contributed by atoms with E-state index in [1.807, 2.05) is 6.92 Å². The van der Waals surface area contributed by atoms with Crippen LogP contribution in [0.2, 0.25) is 0 Å². The highest BCUT2D eigenvalue weighted by Crippen LogP contribution is 2.21. The molecule has 1 aromatic carbocycles. The molecule has 1 unspecified atom stereocenters. The molecular weight excluding hydrogens is 248 g/mol. The molecular formula is C14H15F2N3. The molecule has 1 atom stereocenters. The van der Waals surface area contributed by atoms with Gasteiger partial charge in [0.2, 0.25) is 0 Å². The van der Waals surface area contributed by atoms with Gasteiger partial charge in [0.15, 0.2) is 11.6 Å². The Bertz CT molecular complexity index is 531. The first-order valence-corrected chi connectivity index (χ1v) is 6.16. The van der Waals surface area contributed by atoms with E-state index in [0.29, 0.717) is 5.56 Å². The van der Waals surface area contributed by atoms with Crippen molar-refractivity contribution >= 4 is 0 Å². The Morgan fingerprint density at radius 3 is 2.68 bits per heavy atom. The Morgan fingerprint density at radius 2 is 2.05 bits per heavy atom. The van der Waals surface area contributed by atoms with Crippen LogP contribution in [-0.2, 0) is 0 Å². The third-order valence-electron chi connectivity index (χ3n) is 2.78. The minimum absolute atomic E-state index is 0.266. The van der Waals surface area contributed by atoms with E-state index < -0.39 is 11.6 Å². The molecule has 2 rings (SSSR count). The van der Waals surface area contributed by atoms with Crippen LogP contribution in [0, 0.1) is 11.6 Å². The molecule has 0 saturated carbocycles. The van der Waals surface area contributed by atoms with Crippen molar-refractivity contribution in [2.45, 2.75) is 19.4 Å². The molecule has 1 N–H and O–H groups in total. The molecule has 3 nitrogen and oxygen atoms in total. The number of nitrogens with zero attached hydrogens (tertiary/aromatic N) is 2. The summed E-state index contributed by atoms with van der Waals surface area (Å²) in [5.41, 5.74) is 1.38. The van der Waals surface area contributed by atoms with E-state index in [-0.39, 0.29) is 6.04 Å². The van der Waals surface area contributed by atoms with Gasteiger partial charge in [-0.3, -0.25) is 0 Å². The first kappa shape index (κ1) is 13.5. The molecule has 0 saturated heterocycles. The first-order chi connectivity index (χ1) is 9.22. The number of hydrogen-bond donors (Lipinski definition) is 1. The third kappa shape index (κ3) is 3.32. The van der Waals surface area contributed by atoms with E-state index in [4.69, 9.17) is 0 Å². The highest BCUT2D eigenvalue weighted by molar-refractivity contribution is 5.28. The predicted molar refractivity (Wildman–Crippen MR) is 68.5 cm³/mol. The molecule has 0 radical (unpaired) electrons. The SMILES string of the molecule is CCCNC(c1ccc(F)c(F)c1)c1ccncn1. The minimum Gasteiger partial charge on any atom is -0.305 e. The van der Waals surface area contributed by atoms with E-state index in [1.165, 1.54) is 12.4 Å². The molecule has 1 heterocycles. The van der Waals surface area contributed by atoms with Crippen molar-refractivity contribution in [3.05, 3.63) is 59.7 Å². The molecule has 0 spiro atoms. The average molecular weight is 263 g/mol. The summed E-state index contributed by atoms with van der Waals surface area (Å²) < 4.78 is 26.3. The van der Waals surface area contributed by atoms with Gasteiger partial charge in [-0.05, 0) is 36.7 Å². The fourth-order valence-corrected chi connectivity index (χ4v) is 1.85. The number of aromatic nitrogens is 2. The van der Waals surface area contributed by atoms with Crippen LogP contribution in [0.5, 0.6) is 0 Å². The fraction of sp³-hybridized carbons (Fsp3) is 0.286. The summed E-state index contributed by atoms with van der Waals surface area (Å²) in [5.74, 6) is -1.70. The van der Waals surface area contributed by atoms with Gasteiger partial charge in [0, 0.05) is 6.20 Å². The summed E-state index contributed by atoms with van der Waals surface area (Å²) in [6, 6.07) is 5.39. The van der Waals surface area contributed by atoms with Crippen molar-refractivity contribution in [1.29, 1.82) is 0 Å². The van der Waals surface area contributed by atoms with Crippen molar-refractivity contribution in [2.75, 3.05) is 6.54 Å². The molecule has 100 valence electrons. The summed E-state index contributed by atoms with van der Waals surface area (Å²) in [5, 5.41) is 3.27. The van der Waals surface area contributed by atoms with Crippen molar-refractivity contribution in [1.82, 2.24) is 15.3 Å². The Kier molecular flexibility index (Phi) is 4.52. The topological polar surface area (TPSA) is 37.8 Å². The normalized spacial score (nSPS) is 12.4. The second-order valence-electron chi connectivity index (χ2n) is 4.19. The van der Waals surface area contributed by atoms with E-state index in [2.05, 4.69) is 15.3 Å². The van der Waals surface area contributed by atoms with Crippen LogP contribution in [-0.4, -0.2) is 16.5 Å². The minimum atomic E-state index is -0.852. The van der Waals surface area contributed by atoms with E-state index in [1.54, 1.807) is 18.3 Å². The van der Waals surface area contributed by atoms with Gasteiger partial charge in [-0.2, -0.15) is 0 Å². The van der Waals surface area contributed by atoms with E-state index in [0.717, 1.165) is 24.7 Å². The van der Waals surface area contributed by atoms with Crippen molar-refractivity contribution < 1.29 is 8.78 Å². The molecule has 0 fully saturated rings. The number of benzene rings is 1. The summed E-state index contributed by atoms with van der Waals surface area (Å²) in [6.45, 7) is 2.79. The molecule has 0 amide bonds. The fourth-order valence-electron chi connectivity index (χ4n) is 1.85. The van der Waals surface area contributed by atoms with Gasteiger partial charge in [-0.15, -0.1) is 0 Å². The van der Waals surface area contributed by atoms with Crippen LogP contribution in [0.1, 0.15) is 30.6 Å². The lowest BCUT2D eigenvalue weighted by Gasteiger charge is -2.18. The van der Waals surface area contributed by atoms with Gasteiger partial charge >= 0.3 is 0 Å². The zero-order chi connectivity index (χ0) is 13.7. The number of rotatable bonds is 5. The molecule has 2 aromatic rings. The summed E-state index contributed by atoms with van der Waals surface area (Å²) in [7, 11) is 0. The lowest BCUT2D eigenvalue weighted by molar-refractivity contribution is 0.502. The van der Waals surface area contributed by atoms with Crippen molar-refractivity contribution in [3.8, 4) is 0 Å². The third-order valence-corrected chi connectivity index (χ3v) is 2.78. The second kappa shape index (κ2) is 6.33. The molecule has 19 heavy (non-hydrogen) atoms. The number of hydrogen-bond acceptors (Lipinski definition) is 3. The molecule has 0 aliphatic heterocycles. The smallest absolute Gasteiger partial charge is 0.159 e. The average Bonchev–Trinajstić information content (AvgIpc) is 2.44. The molecule has 0 aliphatic rings. The Balaban J connectivity index is 2.34. The van der Waals surface area contributed by atoms with Crippen LogP contribution in [0.25, 0.3) is 0 Å². The zero-order valence-electron chi connectivity index (χ0n) is 10.6. The van der Waals surface area contributed by atoms with E-state index in [9.17, 15) is 8.78 Å². The van der Waals surface area contributed by atoms with Crippen LogP contribution in [0.15, 0.2) is 36.8 Å². The quantitative estimate of drug-likeness (QED) is 0.901. The maximum absolute atomic E-state index is 13.3. The number of nitrogens with one attached hydrogen (secondary N) is 1. The van der Waals surface area contributed by atoms with Crippen LogP contribution in [0.3, 0.4) is 0 Å². The van der Waals surface area contributed by atoms with Gasteiger partial charge in [-0.1, -0.05) is 13.0 Å². The molecule has 0 bridgehead atoms. The van der Waals surface area contributed by atoms with Gasteiger partial charge < -0.3 is 5.32 Å². The van der Waals surface area contributed by atoms with Crippen molar-refractivity contribution in [3.63, 3.8) is 0 Å². The Morgan fingerprint density at radius 1 is 1.21 bits per heavy atom. The zero-order valence-corrected chi connectivity index (χ0v) is 10.6. The van der Waals surface area contributed by atoms with Gasteiger partial charge in [0.05, 0.1) is 11.7 Å². The lowest BCUT2D eigenvalue weighted by atomic mass is 10.0. The van der Waals surface area contributed by atoms with Gasteiger partial charge in [0.1, 0.15) is 6.33 Å². The van der Waals surface area contributed by atoms with Gasteiger partial charge in [0.25, 0.3) is 0 Å². The molecule has 5 heteroatoms. The first-order valence-electron chi connectivity index (χ1n) is 6.16. The maximum atomic E-state index is 13.3. The predicted octanol–water partition coefficient (Wildman–Crippen LogP) is 2.84. The second-order valence-corrected chi connectivity index (χ2v) is 4.19. The largest absolute Gasteiger partial charge is 0.305 e. The number of halogens is 2. The summed E-state index contributed by atoms with van der Waals surface area (Å²) >= 11 is 0. The standard InChI is InChI=1S/C14H15F2N3/c1-2-6-18-14(13-5-7-17-9-19-13)10-3-4-11(15)12(16)8-10/h3-5,7-9,14,18H,2,6H2,1H3. The highest BCUT2D eigenvalue weighted by Gasteiger charge is 2.16. The summed E-state index contributed by atoms with van der Waals surface area (Å²) in [4.78, 5) is 8.03. The Labute approximate surface area is 110 Å². The Hall–Kier alpha value is -1.88. The lowest BCUT2D eigenvalue weighted by Crippen LogP contribution is -2.24. The van der Waals surface area contributed by atoms with Crippen molar-refractivity contribution in [2.24, 2.45) is 0 Å². The van der Waals surface area contributed by atoms with Crippen LogP contribution < -0.4 is 5.32 Å². The van der Waals surface area contributed by atoms with Gasteiger partial charge in [-0.25, -0.2) is 18.7 Å². The van der Waals surface area contributed by atoms with Crippen LogP contribution in [0.4, 0.5) is 8.78 Å². The maximum Gasteiger partial charge on any atom is 0.159 e.